The maximum absolute atomic E-state index is 11.5. The molecule has 0 saturated heterocycles. The van der Waals surface area contributed by atoms with Crippen molar-refractivity contribution in [3.63, 3.8) is 0 Å². The molecule has 3 aromatic rings. The lowest BCUT2D eigenvalue weighted by Gasteiger charge is -2.16. The van der Waals surface area contributed by atoms with Crippen LogP contribution in [0.4, 0.5) is 5.69 Å². The van der Waals surface area contributed by atoms with Crippen LogP contribution in [0.25, 0.3) is 10.9 Å². The largest absolute Gasteiger partial charge is 0.506 e. The zero-order valence-electron chi connectivity index (χ0n) is 14.6. The van der Waals surface area contributed by atoms with Gasteiger partial charge in [-0.25, -0.2) is 0 Å². The van der Waals surface area contributed by atoms with Gasteiger partial charge in [0, 0.05) is 36.2 Å². The predicted octanol–water partition coefficient (Wildman–Crippen LogP) is 2.30. The maximum Gasteiger partial charge on any atom is 0.248 e. The molecule has 0 spiro atoms. The minimum atomic E-state index is -0.853. The number of aromatic nitrogens is 1. The highest BCUT2D eigenvalue weighted by molar-refractivity contribution is 6.33. The molecule has 0 amide bonds. The van der Waals surface area contributed by atoms with Gasteiger partial charge in [-0.05, 0) is 23.8 Å². The van der Waals surface area contributed by atoms with Gasteiger partial charge in [0.25, 0.3) is 0 Å². The molecule has 2 aromatic carbocycles. The van der Waals surface area contributed by atoms with Crippen molar-refractivity contribution >= 4 is 28.2 Å². The minimum absolute atomic E-state index is 0.0483. The number of methoxy groups -OCH3 is 1. The summed E-state index contributed by atoms with van der Waals surface area (Å²) in [6, 6.07) is 9.37. The number of rotatable bonds is 6. The fourth-order valence-corrected chi connectivity index (χ4v) is 3.13. The van der Waals surface area contributed by atoms with E-state index in [1.807, 2.05) is 0 Å². The maximum atomic E-state index is 11.5. The zero-order chi connectivity index (χ0) is 19.6. The molecule has 1 heterocycles. The molecule has 6 N–H and O–H groups in total. The summed E-state index contributed by atoms with van der Waals surface area (Å²) in [4.78, 5) is 14.1. The number of aromatic hydroxyl groups is 1. The van der Waals surface area contributed by atoms with E-state index in [1.54, 1.807) is 31.4 Å². The van der Waals surface area contributed by atoms with Crippen LogP contribution in [0.1, 0.15) is 17.2 Å². The SMILES string of the molecule is COc1cc(N)c(Cl)cc1CNC[C@H](O)c1ccc(O)c2[nH]c(=O)ccc12. The van der Waals surface area contributed by atoms with Crippen LogP contribution < -0.4 is 21.3 Å². The second-order valence-corrected chi connectivity index (χ2v) is 6.52. The number of aliphatic hydroxyl groups excluding tert-OH is 1. The first kappa shape index (κ1) is 19.0. The van der Waals surface area contributed by atoms with E-state index in [9.17, 15) is 15.0 Å². The Hall–Kier alpha value is -2.74. The average Bonchev–Trinajstić information content (AvgIpc) is 2.65. The van der Waals surface area contributed by atoms with E-state index in [4.69, 9.17) is 22.1 Å². The number of anilines is 1. The lowest BCUT2D eigenvalue weighted by Crippen LogP contribution is -2.21. The number of aromatic amines is 1. The van der Waals surface area contributed by atoms with E-state index in [0.717, 1.165) is 5.56 Å². The van der Waals surface area contributed by atoms with Crippen molar-refractivity contribution in [1.29, 1.82) is 0 Å². The number of nitrogens with one attached hydrogen (secondary N) is 2. The first-order valence-electron chi connectivity index (χ1n) is 8.26. The Morgan fingerprint density at radius 2 is 2.07 bits per heavy atom. The Morgan fingerprint density at radius 3 is 2.81 bits per heavy atom. The van der Waals surface area contributed by atoms with Gasteiger partial charge in [-0.15, -0.1) is 0 Å². The number of phenols is 1. The Morgan fingerprint density at radius 1 is 1.30 bits per heavy atom. The molecule has 1 atom stereocenters. The summed E-state index contributed by atoms with van der Waals surface area (Å²) in [6.45, 7) is 0.650. The van der Waals surface area contributed by atoms with Gasteiger partial charge in [0.15, 0.2) is 0 Å². The van der Waals surface area contributed by atoms with Crippen LogP contribution in [0.2, 0.25) is 5.02 Å². The molecule has 1 aromatic heterocycles. The number of hydrogen-bond donors (Lipinski definition) is 5. The number of ether oxygens (including phenoxy) is 1. The third-order valence-electron chi connectivity index (χ3n) is 4.32. The van der Waals surface area contributed by atoms with E-state index >= 15 is 0 Å². The van der Waals surface area contributed by atoms with Gasteiger partial charge in [-0.3, -0.25) is 4.79 Å². The molecule has 8 heteroatoms. The lowest BCUT2D eigenvalue weighted by molar-refractivity contribution is 0.175. The third kappa shape index (κ3) is 4.00. The highest BCUT2D eigenvalue weighted by Crippen LogP contribution is 2.30. The van der Waals surface area contributed by atoms with E-state index < -0.39 is 6.10 Å². The molecule has 0 aliphatic rings. The van der Waals surface area contributed by atoms with Gasteiger partial charge in [0.2, 0.25) is 5.56 Å². The number of pyridine rings is 1. The van der Waals surface area contributed by atoms with Crippen LogP contribution in [0, 0.1) is 0 Å². The second kappa shape index (κ2) is 7.87. The summed E-state index contributed by atoms with van der Waals surface area (Å²) in [7, 11) is 1.55. The monoisotopic (exact) mass is 389 g/mol. The lowest BCUT2D eigenvalue weighted by atomic mass is 10.0. The summed E-state index contributed by atoms with van der Waals surface area (Å²) in [5.41, 5.74) is 7.58. The Kier molecular flexibility index (Phi) is 5.55. The number of halogens is 1. The van der Waals surface area contributed by atoms with E-state index in [0.29, 0.717) is 39.5 Å². The molecule has 0 aliphatic heterocycles. The molecule has 0 aliphatic carbocycles. The smallest absolute Gasteiger partial charge is 0.248 e. The number of fused-ring (bicyclic) bond motifs is 1. The van der Waals surface area contributed by atoms with Crippen molar-refractivity contribution in [2.24, 2.45) is 0 Å². The topological polar surface area (TPSA) is 121 Å². The number of H-pyrrole nitrogens is 1. The molecular formula is C19H20ClN3O4. The molecule has 0 saturated carbocycles. The number of hydrogen-bond acceptors (Lipinski definition) is 6. The van der Waals surface area contributed by atoms with Crippen molar-refractivity contribution in [2.45, 2.75) is 12.6 Å². The Labute approximate surface area is 160 Å². The summed E-state index contributed by atoms with van der Waals surface area (Å²) in [6.07, 6.45) is -0.853. The highest BCUT2D eigenvalue weighted by Gasteiger charge is 2.14. The van der Waals surface area contributed by atoms with E-state index in [-0.39, 0.29) is 17.9 Å². The molecule has 3 rings (SSSR count). The first-order chi connectivity index (χ1) is 12.9. The highest BCUT2D eigenvalue weighted by atomic mass is 35.5. The summed E-state index contributed by atoms with van der Waals surface area (Å²) in [5.74, 6) is 0.555. The number of phenolic OH excluding ortho intramolecular Hbond substituents is 1. The van der Waals surface area contributed by atoms with Crippen molar-refractivity contribution in [3.05, 3.63) is 62.9 Å². The predicted molar refractivity (Wildman–Crippen MR) is 105 cm³/mol. The average molecular weight is 390 g/mol. The molecular weight excluding hydrogens is 370 g/mol. The quantitative estimate of drug-likeness (QED) is 0.412. The van der Waals surface area contributed by atoms with E-state index in [2.05, 4.69) is 10.3 Å². The zero-order valence-corrected chi connectivity index (χ0v) is 15.4. The standard InChI is InChI=1S/C19H20ClN3O4/c1-27-17-7-14(21)13(20)6-10(17)8-22-9-16(25)11-2-4-15(24)19-12(11)3-5-18(26)23-19/h2-7,16,22,24-25H,8-9,21H2,1H3,(H,23,26)/t16-/m0/s1. The van der Waals surface area contributed by atoms with Gasteiger partial charge in [0.1, 0.15) is 11.5 Å². The Balaban J connectivity index is 1.77. The van der Waals surface area contributed by atoms with Crippen LogP contribution in [-0.4, -0.2) is 28.9 Å². The minimum Gasteiger partial charge on any atom is -0.506 e. The fraction of sp³-hybridized carbons (Fsp3) is 0.211. The Bertz CT molecular complexity index is 1040. The number of nitrogens with two attached hydrogens (primary N) is 1. The third-order valence-corrected chi connectivity index (χ3v) is 4.65. The summed E-state index contributed by atoms with van der Waals surface area (Å²) < 4.78 is 5.30. The van der Waals surface area contributed by atoms with Crippen LogP contribution in [0.15, 0.2) is 41.2 Å². The van der Waals surface area contributed by atoms with Crippen molar-refractivity contribution in [2.75, 3.05) is 19.4 Å². The van der Waals surface area contributed by atoms with Crippen LogP contribution in [0.3, 0.4) is 0 Å². The van der Waals surface area contributed by atoms with Gasteiger partial charge in [-0.2, -0.15) is 0 Å². The van der Waals surface area contributed by atoms with Crippen molar-refractivity contribution < 1.29 is 14.9 Å². The second-order valence-electron chi connectivity index (χ2n) is 6.12. The van der Waals surface area contributed by atoms with Gasteiger partial charge in [-0.1, -0.05) is 17.7 Å². The number of nitrogen functional groups attached to an aromatic ring is 1. The van der Waals surface area contributed by atoms with Crippen LogP contribution in [-0.2, 0) is 6.54 Å². The summed E-state index contributed by atoms with van der Waals surface area (Å²) in [5, 5.41) is 24.7. The number of aliphatic hydroxyl groups is 1. The first-order valence-corrected chi connectivity index (χ1v) is 8.64. The molecule has 27 heavy (non-hydrogen) atoms. The molecule has 0 fully saturated rings. The molecule has 0 unspecified atom stereocenters. The molecule has 7 nitrogen and oxygen atoms in total. The van der Waals surface area contributed by atoms with Gasteiger partial charge in [0.05, 0.1) is 29.4 Å². The molecule has 0 bridgehead atoms. The normalized spacial score (nSPS) is 12.3. The van der Waals surface area contributed by atoms with Crippen molar-refractivity contribution in [1.82, 2.24) is 10.3 Å². The van der Waals surface area contributed by atoms with Crippen molar-refractivity contribution in [3.8, 4) is 11.5 Å². The van der Waals surface area contributed by atoms with E-state index in [1.165, 1.54) is 12.1 Å². The summed E-state index contributed by atoms with van der Waals surface area (Å²) >= 11 is 6.06. The van der Waals surface area contributed by atoms with Gasteiger partial charge < -0.3 is 31.0 Å². The molecule has 142 valence electrons. The molecule has 0 radical (unpaired) electrons. The van der Waals surface area contributed by atoms with Crippen LogP contribution in [0.5, 0.6) is 11.5 Å². The number of benzene rings is 2. The van der Waals surface area contributed by atoms with Crippen LogP contribution >= 0.6 is 11.6 Å². The fourth-order valence-electron chi connectivity index (χ4n) is 2.94. The van der Waals surface area contributed by atoms with Gasteiger partial charge >= 0.3 is 0 Å².